The summed E-state index contributed by atoms with van der Waals surface area (Å²) in [6.45, 7) is 4.22. The fourth-order valence-corrected chi connectivity index (χ4v) is 2.47. The molecular formula is C11H20O3. The molecule has 14 heavy (non-hydrogen) atoms. The van der Waals surface area contributed by atoms with Crippen molar-refractivity contribution in [1.29, 1.82) is 0 Å². The van der Waals surface area contributed by atoms with Crippen molar-refractivity contribution in [3.63, 3.8) is 0 Å². The quantitative estimate of drug-likeness (QED) is 0.652. The molecule has 1 saturated carbocycles. The summed E-state index contributed by atoms with van der Waals surface area (Å²) in [6, 6.07) is 0. The van der Waals surface area contributed by atoms with Gasteiger partial charge in [-0.2, -0.15) is 0 Å². The van der Waals surface area contributed by atoms with E-state index in [1.165, 1.54) is 0 Å². The number of carbonyl (C=O) groups is 1. The first-order valence-electron chi connectivity index (χ1n) is 5.18. The van der Waals surface area contributed by atoms with Crippen LogP contribution in [0.5, 0.6) is 0 Å². The van der Waals surface area contributed by atoms with Crippen molar-refractivity contribution in [3.05, 3.63) is 0 Å². The summed E-state index contributed by atoms with van der Waals surface area (Å²) in [4.78, 5) is 11.8. The second kappa shape index (κ2) is 4.89. The van der Waals surface area contributed by atoms with E-state index in [2.05, 4.69) is 13.8 Å². The Bertz CT molecular complexity index is 199. The molecule has 0 heterocycles. The van der Waals surface area contributed by atoms with Crippen molar-refractivity contribution < 1.29 is 14.3 Å². The molecule has 3 unspecified atom stereocenters. The van der Waals surface area contributed by atoms with E-state index in [4.69, 9.17) is 9.47 Å². The smallest absolute Gasteiger partial charge is 0.166 e. The van der Waals surface area contributed by atoms with Crippen LogP contribution in [0, 0.1) is 17.8 Å². The number of hydrogen-bond acceptors (Lipinski definition) is 3. The summed E-state index contributed by atoms with van der Waals surface area (Å²) >= 11 is 0. The molecule has 0 aromatic rings. The van der Waals surface area contributed by atoms with Crippen molar-refractivity contribution in [2.75, 3.05) is 14.2 Å². The predicted molar refractivity (Wildman–Crippen MR) is 53.9 cm³/mol. The van der Waals surface area contributed by atoms with E-state index in [-0.39, 0.29) is 18.0 Å². The Morgan fingerprint density at radius 3 is 2.29 bits per heavy atom. The lowest BCUT2D eigenvalue weighted by molar-refractivity contribution is -0.169. The molecule has 1 aliphatic rings. The summed E-state index contributed by atoms with van der Waals surface area (Å²) < 4.78 is 10.3. The Morgan fingerprint density at radius 1 is 1.29 bits per heavy atom. The molecule has 0 aromatic carbocycles. The maximum atomic E-state index is 11.8. The number of carbonyl (C=O) groups excluding carboxylic acids is 1. The third-order valence-corrected chi connectivity index (χ3v) is 3.07. The molecule has 0 spiro atoms. The summed E-state index contributed by atoms with van der Waals surface area (Å²) in [6.07, 6.45) is 1.38. The van der Waals surface area contributed by atoms with Crippen LogP contribution in [0.15, 0.2) is 0 Å². The first-order valence-corrected chi connectivity index (χ1v) is 5.18. The van der Waals surface area contributed by atoms with Gasteiger partial charge in [0.25, 0.3) is 0 Å². The molecular weight excluding hydrogens is 180 g/mol. The van der Waals surface area contributed by atoms with Gasteiger partial charge in [-0.25, -0.2) is 0 Å². The summed E-state index contributed by atoms with van der Waals surface area (Å²) in [5.74, 6) is 1.06. The zero-order valence-electron chi connectivity index (χ0n) is 9.45. The lowest BCUT2D eigenvalue weighted by Crippen LogP contribution is -2.40. The second-order valence-electron chi connectivity index (χ2n) is 4.35. The SMILES string of the molecule is COC(OC)C1C(=O)CC(C)CC1C. The Hall–Kier alpha value is -0.410. The summed E-state index contributed by atoms with van der Waals surface area (Å²) in [7, 11) is 3.18. The third kappa shape index (κ3) is 2.34. The van der Waals surface area contributed by atoms with Crippen LogP contribution in [0.1, 0.15) is 26.7 Å². The van der Waals surface area contributed by atoms with Crippen molar-refractivity contribution in [1.82, 2.24) is 0 Å². The maximum absolute atomic E-state index is 11.8. The normalized spacial score (nSPS) is 33.8. The number of rotatable bonds is 3. The van der Waals surface area contributed by atoms with Gasteiger partial charge in [-0.05, 0) is 18.3 Å². The van der Waals surface area contributed by atoms with Gasteiger partial charge < -0.3 is 9.47 Å². The van der Waals surface area contributed by atoms with Gasteiger partial charge in [0.2, 0.25) is 0 Å². The molecule has 0 aliphatic heterocycles. The van der Waals surface area contributed by atoms with Crippen LogP contribution < -0.4 is 0 Å². The Labute approximate surface area is 85.8 Å². The minimum atomic E-state index is -0.370. The zero-order chi connectivity index (χ0) is 10.7. The van der Waals surface area contributed by atoms with Crippen LogP contribution in [-0.2, 0) is 14.3 Å². The molecule has 0 radical (unpaired) electrons. The Kier molecular flexibility index (Phi) is 4.08. The number of methoxy groups -OCH3 is 2. The highest BCUT2D eigenvalue weighted by atomic mass is 16.7. The maximum Gasteiger partial charge on any atom is 0.166 e. The van der Waals surface area contributed by atoms with E-state index >= 15 is 0 Å². The molecule has 0 saturated heterocycles. The molecule has 0 amide bonds. The zero-order valence-corrected chi connectivity index (χ0v) is 9.45. The molecule has 1 fully saturated rings. The summed E-state index contributed by atoms with van der Waals surface area (Å²) in [5, 5.41) is 0. The molecule has 3 nitrogen and oxygen atoms in total. The molecule has 0 N–H and O–H groups in total. The van der Waals surface area contributed by atoms with Gasteiger partial charge in [-0.1, -0.05) is 13.8 Å². The van der Waals surface area contributed by atoms with Gasteiger partial charge in [0, 0.05) is 20.6 Å². The van der Waals surface area contributed by atoms with E-state index in [0.717, 1.165) is 6.42 Å². The number of Topliss-reactive ketones (excluding diaryl/α,β-unsaturated/α-hetero) is 1. The van der Waals surface area contributed by atoms with E-state index < -0.39 is 0 Å². The fraction of sp³-hybridized carbons (Fsp3) is 0.909. The van der Waals surface area contributed by atoms with Gasteiger partial charge >= 0.3 is 0 Å². The molecule has 1 rings (SSSR count). The van der Waals surface area contributed by atoms with Gasteiger partial charge in [0.05, 0.1) is 5.92 Å². The summed E-state index contributed by atoms with van der Waals surface area (Å²) in [5.41, 5.74) is 0. The van der Waals surface area contributed by atoms with E-state index in [1.807, 2.05) is 0 Å². The highest BCUT2D eigenvalue weighted by Crippen LogP contribution is 2.33. The van der Waals surface area contributed by atoms with Crippen LogP contribution in [0.25, 0.3) is 0 Å². The molecule has 3 atom stereocenters. The van der Waals surface area contributed by atoms with Crippen molar-refractivity contribution in [2.45, 2.75) is 33.0 Å². The Balaban J connectivity index is 2.70. The van der Waals surface area contributed by atoms with Crippen LogP contribution in [-0.4, -0.2) is 26.3 Å². The van der Waals surface area contributed by atoms with Gasteiger partial charge in [0.1, 0.15) is 5.78 Å². The van der Waals surface area contributed by atoms with Crippen molar-refractivity contribution >= 4 is 5.78 Å². The van der Waals surface area contributed by atoms with Crippen LogP contribution >= 0.6 is 0 Å². The molecule has 0 bridgehead atoms. The molecule has 0 aromatic heterocycles. The van der Waals surface area contributed by atoms with E-state index in [0.29, 0.717) is 18.3 Å². The standard InChI is InChI=1S/C11H20O3/c1-7-5-8(2)10(9(12)6-7)11(13-3)14-4/h7-8,10-11H,5-6H2,1-4H3. The lowest BCUT2D eigenvalue weighted by Gasteiger charge is -2.34. The topological polar surface area (TPSA) is 35.5 Å². The van der Waals surface area contributed by atoms with E-state index in [1.54, 1.807) is 14.2 Å². The third-order valence-electron chi connectivity index (χ3n) is 3.07. The lowest BCUT2D eigenvalue weighted by atomic mass is 9.74. The van der Waals surface area contributed by atoms with Crippen LogP contribution in [0.2, 0.25) is 0 Å². The fourth-order valence-electron chi connectivity index (χ4n) is 2.47. The monoisotopic (exact) mass is 200 g/mol. The van der Waals surface area contributed by atoms with Crippen LogP contribution in [0.3, 0.4) is 0 Å². The highest BCUT2D eigenvalue weighted by molar-refractivity contribution is 5.82. The van der Waals surface area contributed by atoms with Gasteiger partial charge in [-0.3, -0.25) is 4.79 Å². The number of ether oxygens (including phenoxy) is 2. The molecule has 82 valence electrons. The highest BCUT2D eigenvalue weighted by Gasteiger charge is 2.38. The number of hydrogen-bond donors (Lipinski definition) is 0. The molecule has 1 aliphatic carbocycles. The first kappa shape index (κ1) is 11.7. The second-order valence-corrected chi connectivity index (χ2v) is 4.35. The predicted octanol–water partition coefficient (Wildman–Crippen LogP) is 1.86. The molecule has 3 heteroatoms. The van der Waals surface area contributed by atoms with Gasteiger partial charge in [-0.15, -0.1) is 0 Å². The van der Waals surface area contributed by atoms with Gasteiger partial charge in [0.15, 0.2) is 6.29 Å². The minimum absolute atomic E-state index is 0.0822. The number of ketones is 1. The van der Waals surface area contributed by atoms with Crippen molar-refractivity contribution in [3.8, 4) is 0 Å². The van der Waals surface area contributed by atoms with Crippen molar-refractivity contribution in [2.24, 2.45) is 17.8 Å². The average Bonchev–Trinajstić information content (AvgIpc) is 2.10. The minimum Gasteiger partial charge on any atom is -0.355 e. The average molecular weight is 200 g/mol. The van der Waals surface area contributed by atoms with E-state index in [9.17, 15) is 4.79 Å². The largest absolute Gasteiger partial charge is 0.355 e. The van der Waals surface area contributed by atoms with Crippen LogP contribution in [0.4, 0.5) is 0 Å². The first-order chi connectivity index (χ1) is 6.60. The Morgan fingerprint density at radius 2 is 1.86 bits per heavy atom.